The van der Waals surface area contributed by atoms with Gasteiger partial charge in [0.05, 0.1) is 26.2 Å². The topological polar surface area (TPSA) is 93.1 Å². The zero-order valence-corrected chi connectivity index (χ0v) is 23.3. The molecule has 10 heteroatoms. The van der Waals surface area contributed by atoms with Crippen molar-refractivity contribution in [1.82, 2.24) is 15.6 Å². The molecule has 0 spiro atoms. The molecule has 40 heavy (non-hydrogen) atoms. The Labute approximate surface area is 234 Å². The summed E-state index contributed by atoms with van der Waals surface area (Å²) in [4.78, 5) is 15.3. The Morgan fingerprint density at radius 3 is 2.52 bits per heavy atom. The molecule has 0 aliphatic heterocycles. The Morgan fingerprint density at radius 2 is 1.85 bits per heavy atom. The zero-order valence-electron chi connectivity index (χ0n) is 23.3. The van der Waals surface area contributed by atoms with Gasteiger partial charge in [0.1, 0.15) is 5.82 Å². The third-order valence-electron chi connectivity index (χ3n) is 6.38. The highest BCUT2D eigenvalue weighted by atomic mass is 19.2. The Balaban J connectivity index is 1.97. The lowest BCUT2D eigenvalue weighted by atomic mass is 10.0. The molecule has 2 rings (SSSR count). The van der Waals surface area contributed by atoms with Crippen molar-refractivity contribution in [2.45, 2.75) is 52.0 Å². The average Bonchev–Trinajstić information content (AvgIpc) is 2.92. The van der Waals surface area contributed by atoms with E-state index in [0.29, 0.717) is 24.4 Å². The van der Waals surface area contributed by atoms with E-state index in [1.54, 1.807) is 7.05 Å². The fourth-order valence-electron chi connectivity index (χ4n) is 4.09. The highest BCUT2D eigenvalue weighted by Gasteiger charge is 2.19. The molecular weight excluding hydrogens is 517 g/mol. The van der Waals surface area contributed by atoms with E-state index in [4.69, 9.17) is 5.53 Å². The van der Waals surface area contributed by atoms with E-state index in [0.717, 1.165) is 24.5 Å². The Hall–Kier alpha value is -4.17. The SMILES string of the molecule is C=C(/C=C(\C)CCc1ccccc1)N[C@@H](CCN(C)N=[N+]=[N-])C(=C)NCC(=O)CCc1c(F)c(C)cc(F)c1F. The summed E-state index contributed by atoms with van der Waals surface area (Å²) < 4.78 is 42.0. The number of carbonyl (C=O) groups excluding carboxylic acids is 1. The first-order chi connectivity index (χ1) is 19.0. The second-order valence-electron chi connectivity index (χ2n) is 9.75. The van der Waals surface area contributed by atoms with Crippen LogP contribution >= 0.6 is 0 Å². The fraction of sp³-hybridized carbons (Fsp3) is 0.367. The van der Waals surface area contributed by atoms with Crippen LogP contribution in [0.4, 0.5) is 13.2 Å². The summed E-state index contributed by atoms with van der Waals surface area (Å²) in [6.07, 6.45) is 3.75. The highest BCUT2D eigenvalue weighted by Crippen LogP contribution is 2.21. The quantitative estimate of drug-likeness (QED) is 0.0574. The van der Waals surface area contributed by atoms with Crippen LogP contribution in [0.1, 0.15) is 42.9 Å². The number of nitrogens with one attached hydrogen (secondary N) is 2. The maximum absolute atomic E-state index is 14.3. The minimum Gasteiger partial charge on any atom is -0.380 e. The number of ketones is 1. The predicted octanol–water partition coefficient (Wildman–Crippen LogP) is 6.62. The van der Waals surface area contributed by atoms with Crippen molar-refractivity contribution >= 4 is 5.78 Å². The van der Waals surface area contributed by atoms with Crippen molar-refractivity contribution in [2.75, 3.05) is 20.1 Å². The summed E-state index contributed by atoms with van der Waals surface area (Å²) in [5, 5.41) is 11.3. The summed E-state index contributed by atoms with van der Waals surface area (Å²) in [6.45, 7) is 11.8. The summed E-state index contributed by atoms with van der Waals surface area (Å²) in [5.41, 5.74) is 11.8. The molecular formula is C30H37F3N6O. The first kappa shape index (κ1) is 32.0. The number of halogens is 3. The third-order valence-corrected chi connectivity index (χ3v) is 6.38. The largest absolute Gasteiger partial charge is 0.380 e. The fourth-order valence-corrected chi connectivity index (χ4v) is 4.09. The van der Waals surface area contributed by atoms with Crippen LogP contribution in [-0.4, -0.2) is 37.0 Å². The molecule has 2 aromatic rings. The minimum atomic E-state index is -1.27. The van der Waals surface area contributed by atoms with Crippen molar-refractivity contribution < 1.29 is 18.0 Å². The van der Waals surface area contributed by atoms with Gasteiger partial charge in [-0.2, -0.15) is 4.91 Å². The summed E-state index contributed by atoms with van der Waals surface area (Å²) in [7, 11) is 1.64. The monoisotopic (exact) mass is 554 g/mol. The molecule has 0 heterocycles. The molecule has 7 nitrogen and oxygen atoms in total. The van der Waals surface area contributed by atoms with Crippen molar-refractivity contribution in [2.24, 2.45) is 5.22 Å². The van der Waals surface area contributed by atoms with Crippen LogP contribution < -0.4 is 10.6 Å². The zero-order chi connectivity index (χ0) is 29.7. The molecule has 0 aliphatic rings. The minimum absolute atomic E-state index is 0.0166. The molecule has 214 valence electrons. The highest BCUT2D eigenvalue weighted by molar-refractivity contribution is 5.80. The number of hydrogen-bond donors (Lipinski definition) is 2. The number of allylic oxidation sites excluding steroid dienone is 2. The first-order valence-corrected chi connectivity index (χ1v) is 13.0. The van der Waals surface area contributed by atoms with Gasteiger partial charge in [-0.3, -0.25) is 9.80 Å². The van der Waals surface area contributed by atoms with E-state index in [9.17, 15) is 18.0 Å². The number of benzene rings is 2. The number of aryl methyl sites for hydroxylation is 2. The molecule has 0 radical (unpaired) electrons. The molecule has 0 bridgehead atoms. The standard InChI is InChI=1S/C30H37F3N6O/c1-20(11-12-24-9-7-6-8-10-24)17-22(3)36-28(15-16-39(5)38-37-34)23(4)35-19-25(40)13-14-26-29(32)21(2)18-27(31)30(26)33/h6-10,17-18,28,35-36H,3-4,11-16,19H2,1-2,5H3/b20-17+/t28-/m0/s1. The van der Waals surface area contributed by atoms with Gasteiger partial charge >= 0.3 is 0 Å². The molecule has 0 saturated carbocycles. The normalized spacial score (nSPS) is 11.8. The number of rotatable bonds is 17. The van der Waals surface area contributed by atoms with Gasteiger partial charge in [-0.1, -0.05) is 49.1 Å². The van der Waals surface area contributed by atoms with E-state index in [2.05, 4.69) is 46.1 Å². The summed E-state index contributed by atoms with van der Waals surface area (Å²) in [5.74, 6) is -3.57. The number of azide groups is 1. The van der Waals surface area contributed by atoms with E-state index >= 15 is 0 Å². The molecule has 0 fully saturated rings. The van der Waals surface area contributed by atoms with Crippen LogP contribution in [0.15, 0.2) is 77.8 Å². The van der Waals surface area contributed by atoms with Crippen LogP contribution in [0.3, 0.4) is 0 Å². The number of carbonyl (C=O) groups is 1. The van der Waals surface area contributed by atoms with Crippen molar-refractivity contribution in [3.05, 3.63) is 117 Å². The molecule has 1 atom stereocenters. The van der Waals surface area contributed by atoms with E-state index in [1.807, 2.05) is 31.2 Å². The van der Waals surface area contributed by atoms with E-state index in [-0.39, 0.29) is 36.8 Å². The lowest BCUT2D eigenvalue weighted by Crippen LogP contribution is -2.38. The molecule has 2 N–H and O–H groups in total. The number of nitrogens with zero attached hydrogens (tertiary/aromatic N) is 4. The molecule has 0 amide bonds. The van der Waals surface area contributed by atoms with E-state index in [1.165, 1.54) is 17.5 Å². The van der Waals surface area contributed by atoms with Gasteiger partial charge in [-0.25, -0.2) is 13.2 Å². The second kappa shape index (κ2) is 16.1. The van der Waals surface area contributed by atoms with Gasteiger partial charge in [-0.05, 0) is 61.6 Å². The summed E-state index contributed by atoms with van der Waals surface area (Å²) in [6, 6.07) is 10.6. The lowest BCUT2D eigenvalue weighted by molar-refractivity contribution is -0.118. The average molecular weight is 555 g/mol. The Kier molecular flexibility index (Phi) is 12.9. The summed E-state index contributed by atoms with van der Waals surface area (Å²) >= 11 is 0. The maximum Gasteiger partial charge on any atom is 0.164 e. The van der Waals surface area contributed by atoms with Gasteiger partial charge < -0.3 is 10.6 Å². The smallest absolute Gasteiger partial charge is 0.164 e. The molecule has 0 aromatic heterocycles. The van der Waals surface area contributed by atoms with Gasteiger partial charge in [-0.15, -0.1) is 5.53 Å². The maximum atomic E-state index is 14.3. The van der Waals surface area contributed by atoms with Crippen LogP contribution in [0.2, 0.25) is 0 Å². The Bertz CT molecular complexity index is 1250. The van der Waals surface area contributed by atoms with E-state index < -0.39 is 23.0 Å². The third kappa shape index (κ3) is 10.5. The van der Waals surface area contributed by atoms with Gasteiger partial charge in [0, 0.05) is 29.8 Å². The Morgan fingerprint density at radius 1 is 1.15 bits per heavy atom. The van der Waals surface area contributed by atoms with Gasteiger partial charge in [0.2, 0.25) is 0 Å². The molecule has 2 aromatic carbocycles. The van der Waals surface area contributed by atoms with Crippen LogP contribution in [0.25, 0.3) is 10.4 Å². The lowest BCUT2D eigenvalue weighted by Gasteiger charge is -2.24. The van der Waals surface area contributed by atoms with Crippen LogP contribution in [0.5, 0.6) is 0 Å². The predicted molar refractivity (Wildman–Crippen MR) is 153 cm³/mol. The molecule has 0 aliphatic carbocycles. The van der Waals surface area contributed by atoms with Gasteiger partial charge in [0.25, 0.3) is 0 Å². The number of Topliss-reactive ketones (excluding diaryl/α,β-unsaturated/α-hetero) is 1. The first-order valence-electron chi connectivity index (χ1n) is 13.0. The molecule has 0 unspecified atom stereocenters. The van der Waals surface area contributed by atoms with Crippen LogP contribution in [0, 0.1) is 24.4 Å². The van der Waals surface area contributed by atoms with Crippen molar-refractivity contribution in [1.29, 1.82) is 0 Å². The molecule has 0 saturated heterocycles. The van der Waals surface area contributed by atoms with Crippen molar-refractivity contribution in [3.8, 4) is 0 Å². The van der Waals surface area contributed by atoms with Crippen LogP contribution in [-0.2, 0) is 17.6 Å². The van der Waals surface area contributed by atoms with Crippen molar-refractivity contribution in [3.63, 3.8) is 0 Å². The number of hydrogen-bond acceptors (Lipinski definition) is 4. The second-order valence-corrected chi connectivity index (χ2v) is 9.75. The van der Waals surface area contributed by atoms with Gasteiger partial charge in [0.15, 0.2) is 17.4 Å².